The van der Waals surface area contributed by atoms with Gasteiger partial charge in [-0.05, 0) is 42.7 Å². The molecule has 9 nitrogen and oxygen atoms in total. The number of hydrogen-bond donors (Lipinski definition) is 3. The minimum Gasteiger partial charge on any atom is -0.393 e. The molecule has 2 aliphatic rings. The van der Waals surface area contributed by atoms with Crippen LogP contribution in [0.25, 0.3) is 16.9 Å². The zero-order chi connectivity index (χ0) is 25.6. The number of amides is 1. The lowest BCUT2D eigenvalue weighted by atomic mass is 9.92. The molecule has 37 heavy (non-hydrogen) atoms. The summed E-state index contributed by atoms with van der Waals surface area (Å²) in [6.07, 6.45) is 6.64. The largest absolute Gasteiger partial charge is 0.393 e. The zero-order valence-electron chi connectivity index (χ0n) is 20.4. The van der Waals surface area contributed by atoms with Gasteiger partial charge >= 0.3 is 0 Å². The number of piperidine rings is 1. The summed E-state index contributed by atoms with van der Waals surface area (Å²) in [5.41, 5.74) is 4.78. The van der Waals surface area contributed by atoms with Crippen molar-refractivity contribution in [3.05, 3.63) is 71.9 Å². The first-order valence-corrected chi connectivity index (χ1v) is 12.2. The van der Waals surface area contributed by atoms with Gasteiger partial charge in [0, 0.05) is 44.6 Å². The second-order valence-electron chi connectivity index (χ2n) is 9.47. The topological polar surface area (TPSA) is 104 Å². The molecule has 1 aromatic carbocycles. The third-order valence-corrected chi connectivity index (χ3v) is 7.49. The standard InChI is InChI=1S/C27H27FN6O3/c1-37-27(16-35)7-10-33(11-8-27)18-2-5-23(29-13-18)32-21-4-3-19(20-14-31-26(36)25(20)21)22-15-30-24-12-17(28)6-9-34(22)24/h2-6,9,12-13,15,35H,7-8,10-11,14,16H2,1H3,(H,29,32)(H,31,36). The number of rotatable bonds is 6. The first-order chi connectivity index (χ1) is 18.0. The van der Waals surface area contributed by atoms with Crippen LogP contribution >= 0.6 is 0 Å². The number of benzene rings is 1. The van der Waals surface area contributed by atoms with Gasteiger partial charge in [-0.2, -0.15) is 0 Å². The van der Waals surface area contributed by atoms with Gasteiger partial charge in [0.15, 0.2) is 0 Å². The Morgan fingerprint density at radius 2 is 2.00 bits per heavy atom. The summed E-state index contributed by atoms with van der Waals surface area (Å²) >= 11 is 0. The highest BCUT2D eigenvalue weighted by Crippen LogP contribution is 2.36. The normalized spacial score (nSPS) is 16.6. The van der Waals surface area contributed by atoms with Crippen molar-refractivity contribution in [1.82, 2.24) is 19.7 Å². The molecule has 0 unspecified atom stereocenters. The van der Waals surface area contributed by atoms with Crippen LogP contribution in [0.4, 0.5) is 21.6 Å². The molecule has 2 aliphatic heterocycles. The lowest BCUT2D eigenvalue weighted by Crippen LogP contribution is -2.48. The summed E-state index contributed by atoms with van der Waals surface area (Å²) in [5.74, 6) is 0.121. The van der Waals surface area contributed by atoms with Crippen molar-refractivity contribution in [2.45, 2.75) is 25.0 Å². The second kappa shape index (κ2) is 9.13. The Bertz CT molecular complexity index is 1470. The van der Waals surface area contributed by atoms with Crippen molar-refractivity contribution in [2.24, 2.45) is 0 Å². The SMILES string of the molecule is COC1(CO)CCN(c2ccc(Nc3ccc(-c4cnc5cc(F)ccn45)c4c3C(=O)NC4)nc2)CC1. The molecule has 4 aromatic rings. The van der Waals surface area contributed by atoms with E-state index < -0.39 is 5.60 Å². The first kappa shape index (κ1) is 23.4. The summed E-state index contributed by atoms with van der Waals surface area (Å²) in [4.78, 5) is 23.9. The fourth-order valence-electron chi connectivity index (χ4n) is 5.23. The molecule has 5 heterocycles. The lowest BCUT2D eigenvalue weighted by molar-refractivity contribution is -0.0672. The molecular formula is C27H27FN6O3. The predicted molar refractivity (Wildman–Crippen MR) is 138 cm³/mol. The van der Waals surface area contributed by atoms with Crippen LogP contribution in [-0.4, -0.2) is 57.8 Å². The van der Waals surface area contributed by atoms with E-state index >= 15 is 0 Å². The number of methoxy groups -OCH3 is 1. The number of pyridine rings is 2. The van der Waals surface area contributed by atoms with Gasteiger partial charge < -0.3 is 25.4 Å². The van der Waals surface area contributed by atoms with Crippen molar-refractivity contribution >= 4 is 28.7 Å². The third-order valence-electron chi connectivity index (χ3n) is 7.49. The number of anilines is 3. The number of aromatic nitrogens is 3. The summed E-state index contributed by atoms with van der Waals surface area (Å²) in [6, 6.07) is 10.5. The number of imidazole rings is 1. The van der Waals surface area contributed by atoms with Crippen LogP contribution in [0.1, 0.15) is 28.8 Å². The maximum atomic E-state index is 13.6. The number of hydrogen-bond acceptors (Lipinski definition) is 7. The number of halogens is 1. The van der Waals surface area contributed by atoms with Crippen LogP contribution in [-0.2, 0) is 11.3 Å². The molecule has 0 aliphatic carbocycles. The predicted octanol–water partition coefficient (Wildman–Crippen LogP) is 3.50. The smallest absolute Gasteiger partial charge is 0.254 e. The van der Waals surface area contributed by atoms with Gasteiger partial charge in [0.1, 0.15) is 17.3 Å². The van der Waals surface area contributed by atoms with Crippen molar-refractivity contribution in [2.75, 3.05) is 37.0 Å². The Balaban J connectivity index is 1.25. The molecule has 1 fully saturated rings. The first-order valence-electron chi connectivity index (χ1n) is 12.2. The quantitative estimate of drug-likeness (QED) is 0.371. The summed E-state index contributed by atoms with van der Waals surface area (Å²) in [5, 5.41) is 15.9. The Morgan fingerprint density at radius 3 is 2.73 bits per heavy atom. The molecule has 3 N–H and O–H groups in total. The molecule has 0 saturated carbocycles. The number of ether oxygens (including phenoxy) is 1. The van der Waals surface area contributed by atoms with Crippen molar-refractivity contribution < 1.29 is 19.0 Å². The number of nitrogens with one attached hydrogen (secondary N) is 2. The Labute approximate surface area is 212 Å². The highest BCUT2D eigenvalue weighted by Gasteiger charge is 2.34. The van der Waals surface area contributed by atoms with Crippen LogP contribution in [0.15, 0.2) is 55.0 Å². The van der Waals surface area contributed by atoms with E-state index in [9.17, 15) is 14.3 Å². The average Bonchev–Trinajstić information content (AvgIpc) is 3.53. The van der Waals surface area contributed by atoms with Crippen molar-refractivity contribution in [3.63, 3.8) is 0 Å². The van der Waals surface area contributed by atoms with E-state index in [2.05, 4.69) is 25.5 Å². The van der Waals surface area contributed by atoms with E-state index in [1.54, 1.807) is 19.5 Å². The van der Waals surface area contributed by atoms with E-state index in [0.29, 0.717) is 29.3 Å². The van der Waals surface area contributed by atoms with Crippen LogP contribution in [0.2, 0.25) is 0 Å². The molecule has 10 heteroatoms. The number of aliphatic hydroxyl groups is 1. The fraction of sp³-hybridized carbons (Fsp3) is 0.296. The van der Waals surface area contributed by atoms with E-state index in [1.165, 1.54) is 12.1 Å². The summed E-state index contributed by atoms with van der Waals surface area (Å²) in [7, 11) is 1.65. The Kier molecular flexibility index (Phi) is 5.77. The summed E-state index contributed by atoms with van der Waals surface area (Å²) < 4.78 is 21.0. The summed E-state index contributed by atoms with van der Waals surface area (Å²) in [6.45, 7) is 1.96. The van der Waals surface area contributed by atoms with Crippen LogP contribution in [0, 0.1) is 5.82 Å². The number of nitrogens with zero attached hydrogens (tertiary/aromatic N) is 4. The maximum Gasteiger partial charge on any atom is 0.254 e. The van der Waals surface area contributed by atoms with E-state index in [0.717, 1.165) is 48.4 Å². The lowest BCUT2D eigenvalue weighted by Gasteiger charge is -2.40. The highest BCUT2D eigenvalue weighted by atomic mass is 19.1. The minimum absolute atomic E-state index is 0.0188. The number of carbonyl (C=O) groups excluding carboxylic acids is 1. The molecule has 1 amide bonds. The maximum absolute atomic E-state index is 13.6. The van der Waals surface area contributed by atoms with Gasteiger partial charge in [-0.3, -0.25) is 9.20 Å². The molecule has 0 radical (unpaired) electrons. The van der Waals surface area contributed by atoms with Crippen molar-refractivity contribution in [1.29, 1.82) is 0 Å². The molecule has 0 bridgehead atoms. The molecular weight excluding hydrogens is 475 g/mol. The van der Waals surface area contributed by atoms with Gasteiger partial charge in [-0.1, -0.05) is 6.07 Å². The molecule has 6 rings (SSSR count). The number of fused-ring (bicyclic) bond motifs is 2. The fourth-order valence-corrected chi connectivity index (χ4v) is 5.23. The van der Waals surface area contributed by atoms with Crippen LogP contribution in [0.5, 0.6) is 0 Å². The monoisotopic (exact) mass is 502 g/mol. The minimum atomic E-state index is -0.460. The average molecular weight is 503 g/mol. The Morgan fingerprint density at radius 1 is 1.16 bits per heavy atom. The van der Waals surface area contributed by atoms with Crippen LogP contribution in [0.3, 0.4) is 0 Å². The van der Waals surface area contributed by atoms with E-state index in [-0.39, 0.29) is 18.3 Å². The zero-order valence-corrected chi connectivity index (χ0v) is 20.4. The number of aliphatic hydroxyl groups excluding tert-OH is 1. The third kappa shape index (κ3) is 4.08. The van der Waals surface area contributed by atoms with Crippen molar-refractivity contribution in [3.8, 4) is 11.3 Å². The van der Waals surface area contributed by atoms with Gasteiger partial charge in [0.2, 0.25) is 0 Å². The molecule has 1 saturated heterocycles. The molecule has 190 valence electrons. The van der Waals surface area contributed by atoms with Crippen LogP contribution < -0.4 is 15.5 Å². The Hall–Kier alpha value is -4.02. The van der Waals surface area contributed by atoms with E-state index in [1.807, 2.05) is 34.9 Å². The molecule has 3 aromatic heterocycles. The number of carbonyl (C=O) groups is 1. The van der Waals surface area contributed by atoms with Gasteiger partial charge in [-0.25, -0.2) is 14.4 Å². The van der Waals surface area contributed by atoms with E-state index in [4.69, 9.17) is 4.74 Å². The highest BCUT2D eigenvalue weighted by molar-refractivity contribution is 6.06. The molecule has 0 spiro atoms. The van der Waals surface area contributed by atoms with Gasteiger partial charge in [0.25, 0.3) is 5.91 Å². The van der Waals surface area contributed by atoms with Gasteiger partial charge in [-0.15, -0.1) is 0 Å². The molecule has 0 atom stereocenters. The second-order valence-corrected chi connectivity index (χ2v) is 9.47. The van der Waals surface area contributed by atoms with Gasteiger partial charge in [0.05, 0.1) is 47.2 Å².